The van der Waals surface area contributed by atoms with Gasteiger partial charge in [-0.25, -0.2) is 0 Å². The van der Waals surface area contributed by atoms with Gasteiger partial charge in [-0.3, -0.25) is 0 Å². The second-order valence-corrected chi connectivity index (χ2v) is 0.447. The van der Waals surface area contributed by atoms with E-state index in [4.69, 9.17) is 30.6 Å². The van der Waals surface area contributed by atoms with Crippen LogP contribution < -0.4 is 0 Å². The molecule has 0 aromatic carbocycles. The van der Waals surface area contributed by atoms with Gasteiger partial charge in [-0.2, -0.15) is 0 Å². The van der Waals surface area contributed by atoms with Gasteiger partial charge in [0, 0.05) is 0 Å². The second kappa shape index (κ2) is 278. The molecule has 0 saturated heterocycles. The molecule has 0 bridgehead atoms. The fourth-order valence-corrected chi connectivity index (χ4v) is 0. The quantitative estimate of drug-likeness (QED) is 0.187. The van der Waals surface area contributed by atoms with E-state index in [2.05, 4.69) is 0 Å². The van der Waals surface area contributed by atoms with E-state index in [1.807, 2.05) is 0 Å². The molecule has 0 aromatic rings. The zero-order valence-corrected chi connectivity index (χ0v) is 16.7. The Balaban J connectivity index is -0.00000000143. The molecule has 0 saturated carbocycles. The topological polar surface area (TPSA) is 510 Å². The smallest absolute Gasteiger partial charge is 0.412 e. The number of hydrogen-bond acceptors (Lipinski definition) is 6. The van der Waals surface area contributed by atoms with E-state index in [0.717, 1.165) is 0 Å². The first-order valence-corrected chi connectivity index (χ1v) is 1.10. The average molecular weight is 471 g/mol. The summed E-state index contributed by atoms with van der Waals surface area (Å²) in [7, 11) is 0. The Morgan fingerprint density at radius 3 is 0.364 bits per heavy atom. The molecule has 0 unspecified atom stereocenters. The number of hydrogen-bond donors (Lipinski definition) is 0. The van der Waals surface area contributed by atoms with Gasteiger partial charge < -0.3 is 96.4 Å². The van der Waals surface area contributed by atoms with Gasteiger partial charge in [0.05, 0.1) is 10.2 Å². The van der Waals surface area contributed by atoms with Gasteiger partial charge in [-0.05, 0) is 0 Å². The van der Waals surface area contributed by atoms with E-state index >= 15 is 0 Å². The normalized spacial score (nSPS) is 2.18. The van der Waals surface area contributed by atoms with Crippen LogP contribution in [0.1, 0.15) is 0 Å². The van der Waals surface area contributed by atoms with Crippen molar-refractivity contribution in [3.63, 3.8) is 0 Å². The summed E-state index contributed by atoms with van der Waals surface area (Å²) in [5, 5.41) is 29.5. The van der Waals surface area contributed by atoms with Crippen molar-refractivity contribution in [1.29, 1.82) is 0 Å². The van der Waals surface area contributed by atoms with Crippen LogP contribution in [-0.2, 0) is 39.0 Å². The van der Waals surface area contributed by atoms with E-state index in [0.29, 0.717) is 0 Å². The standard InChI is InChI=1S/2NO3.12H2O.2Zn/c2*2-1(3)4;;;;;;;;;;;;;;/h;;12*1H2;;/q2*-1;;;;;;;;;;;;;2*+2. The Morgan fingerprint density at radius 1 is 0.364 bits per heavy atom. The summed E-state index contributed by atoms with van der Waals surface area (Å²) in [6.07, 6.45) is 0. The maximum absolute atomic E-state index is 8.25. The van der Waals surface area contributed by atoms with E-state index in [1.54, 1.807) is 0 Å². The van der Waals surface area contributed by atoms with Crippen LogP contribution >= 0.6 is 0 Å². The summed E-state index contributed by atoms with van der Waals surface area (Å²) in [5.41, 5.74) is 0. The molecule has 0 aliphatic rings. The van der Waals surface area contributed by atoms with Crippen LogP contribution in [0.2, 0.25) is 0 Å². The summed E-state index contributed by atoms with van der Waals surface area (Å²) >= 11 is 0. The molecular formula is H24N2O18Zn2+2. The van der Waals surface area contributed by atoms with Gasteiger partial charge in [-0.1, -0.05) is 0 Å². The molecular weight excluding hydrogens is 447 g/mol. The molecule has 22 heteroatoms. The van der Waals surface area contributed by atoms with Gasteiger partial charge in [0.2, 0.25) is 0 Å². The van der Waals surface area contributed by atoms with Crippen molar-refractivity contribution in [2.45, 2.75) is 0 Å². The average Bonchev–Trinajstić information content (AvgIpc) is 1.25. The number of rotatable bonds is 0. The van der Waals surface area contributed by atoms with Gasteiger partial charge in [0.15, 0.2) is 0 Å². The molecule has 0 spiro atoms. The van der Waals surface area contributed by atoms with E-state index in [9.17, 15) is 0 Å². The fraction of sp³-hybridized carbons (Fsp3) is 0. The third-order valence-electron chi connectivity index (χ3n) is 0. The van der Waals surface area contributed by atoms with Crippen LogP contribution in [0, 0.1) is 30.6 Å². The Kier molecular flexibility index (Phi) is 4070. The minimum absolute atomic E-state index is 0. The van der Waals surface area contributed by atoms with Crippen molar-refractivity contribution in [3.05, 3.63) is 30.6 Å². The monoisotopic (exact) mass is 468 g/mol. The molecule has 0 aromatic heterocycles. The van der Waals surface area contributed by atoms with E-state index in [-0.39, 0.29) is 105 Å². The molecule has 0 fully saturated rings. The van der Waals surface area contributed by atoms with E-state index < -0.39 is 10.2 Å². The van der Waals surface area contributed by atoms with Crippen molar-refractivity contribution < 1.29 is 115 Å². The maximum atomic E-state index is 8.25. The Labute approximate surface area is 146 Å². The SMILES string of the molecule is O.O.O.O.O.O.O.O.O.O.O.O.O=[N+]([O-])[O-].O=[N+]([O-])[O-].[Zn+2].[Zn+2]. The third-order valence-corrected chi connectivity index (χ3v) is 0. The predicted molar refractivity (Wildman–Crippen MR) is 64.1 cm³/mol. The summed E-state index contributed by atoms with van der Waals surface area (Å²) < 4.78 is 0. The molecule has 0 aliphatic carbocycles. The second-order valence-electron chi connectivity index (χ2n) is 0.447. The van der Waals surface area contributed by atoms with Crippen molar-refractivity contribution in [3.8, 4) is 0 Å². The first-order valence-electron chi connectivity index (χ1n) is 1.10. The molecule has 22 heavy (non-hydrogen) atoms. The Bertz CT molecular complexity index is 77.1. The minimum Gasteiger partial charge on any atom is -0.412 e. The summed E-state index contributed by atoms with van der Waals surface area (Å²) in [4.78, 5) is 16.5. The fourth-order valence-electron chi connectivity index (χ4n) is 0. The van der Waals surface area contributed by atoms with Crippen LogP contribution in [0.25, 0.3) is 0 Å². The third kappa shape index (κ3) is 9110. The van der Waals surface area contributed by atoms with Crippen LogP contribution in [0.5, 0.6) is 0 Å². The van der Waals surface area contributed by atoms with Crippen molar-refractivity contribution >= 4 is 0 Å². The van der Waals surface area contributed by atoms with Gasteiger partial charge in [-0.15, -0.1) is 0 Å². The summed E-state index contributed by atoms with van der Waals surface area (Å²) in [6, 6.07) is 0. The first kappa shape index (κ1) is 322. The molecule has 0 aliphatic heterocycles. The Morgan fingerprint density at radius 2 is 0.364 bits per heavy atom. The zero-order valence-electron chi connectivity index (χ0n) is 10.8. The molecule has 20 nitrogen and oxygen atoms in total. The Hall–Kier alpha value is -0.833. The minimum atomic E-state index is -1.75. The van der Waals surface area contributed by atoms with Crippen LogP contribution in [0.3, 0.4) is 0 Å². The first-order chi connectivity index (χ1) is 3.46. The van der Waals surface area contributed by atoms with Crippen LogP contribution in [-0.4, -0.2) is 75.9 Å². The van der Waals surface area contributed by atoms with Crippen molar-refractivity contribution in [1.82, 2.24) is 0 Å². The van der Waals surface area contributed by atoms with E-state index in [1.165, 1.54) is 0 Å². The summed E-state index contributed by atoms with van der Waals surface area (Å²) in [5.74, 6) is 0. The van der Waals surface area contributed by atoms with Crippen molar-refractivity contribution in [2.24, 2.45) is 0 Å². The molecule has 24 N–H and O–H groups in total. The maximum Gasteiger partial charge on any atom is 2.00 e. The molecule has 0 radical (unpaired) electrons. The van der Waals surface area contributed by atoms with Crippen LogP contribution in [0.4, 0.5) is 0 Å². The molecule has 0 rings (SSSR count). The van der Waals surface area contributed by atoms with Crippen LogP contribution in [0.15, 0.2) is 0 Å². The largest absolute Gasteiger partial charge is 2.00 e. The molecule has 144 valence electrons. The van der Waals surface area contributed by atoms with Crippen molar-refractivity contribution in [2.75, 3.05) is 0 Å². The van der Waals surface area contributed by atoms with Gasteiger partial charge in [0.25, 0.3) is 0 Å². The summed E-state index contributed by atoms with van der Waals surface area (Å²) in [6.45, 7) is 0. The predicted octanol–water partition coefficient (Wildman–Crippen LogP) is -10.4. The number of nitrogens with zero attached hydrogens (tertiary/aromatic N) is 2. The molecule has 0 heterocycles. The molecule has 0 amide bonds. The molecule has 0 atom stereocenters. The van der Waals surface area contributed by atoms with Gasteiger partial charge >= 0.3 is 39.0 Å². The van der Waals surface area contributed by atoms with Gasteiger partial charge in [0.1, 0.15) is 0 Å². The zero-order chi connectivity index (χ0) is 7.15.